The van der Waals surface area contributed by atoms with Crippen LogP contribution in [0, 0.1) is 5.41 Å². The molecule has 3 N–H and O–H groups in total. The average molecular weight is 130 g/mol. The number of nitrogens with two attached hydrogens (primary N) is 1. The van der Waals surface area contributed by atoms with Crippen molar-refractivity contribution in [2.24, 2.45) is 0 Å². The summed E-state index contributed by atoms with van der Waals surface area (Å²) in [5.41, 5.74) is 7.20. The molecule has 1 aromatic carbocycles. The molecule has 0 amide bonds. The molecule has 0 aromatic heterocycles. The maximum absolute atomic E-state index is 6.94. The first-order valence-electron chi connectivity index (χ1n) is 2.90. The van der Waals surface area contributed by atoms with E-state index in [1.165, 1.54) is 0 Å². The molecule has 0 heterocycles. The van der Waals surface area contributed by atoms with Gasteiger partial charge in [-0.15, -0.1) is 0 Å². The van der Waals surface area contributed by atoms with E-state index in [1.807, 2.05) is 0 Å². The molecule has 0 aliphatic heterocycles. The van der Waals surface area contributed by atoms with Gasteiger partial charge in [-0.1, -0.05) is 17.6 Å². The van der Waals surface area contributed by atoms with Crippen molar-refractivity contribution in [2.45, 2.75) is 0 Å². The highest BCUT2D eigenvalue weighted by atomic mass is 14.6. The van der Waals surface area contributed by atoms with E-state index in [2.05, 4.69) is 0 Å². The Hall–Kier alpha value is -1.25. The number of benzene rings is 1. The minimum absolute atomic E-state index is 0.551. The van der Waals surface area contributed by atoms with Crippen LogP contribution in [-0.4, -0.2) is 14.1 Å². The van der Waals surface area contributed by atoms with Gasteiger partial charge < -0.3 is 11.1 Å². The highest BCUT2D eigenvalue weighted by Gasteiger charge is 1.95. The van der Waals surface area contributed by atoms with Crippen LogP contribution in [0.5, 0.6) is 0 Å². The van der Waals surface area contributed by atoms with E-state index in [0.717, 1.165) is 6.21 Å². The molecule has 1 aromatic rings. The van der Waals surface area contributed by atoms with Gasteiger partial charge >= 0.3 is 0 Å². The van der Waals surface area contributed by atoms with Crippen molar-refractivity contribution >= 4 is 25.2 Å². The molecule has 2 nitrogen and oxygen atoms in total. The molecule has 0 saturated heterocycles. The van der Waals surface area contributed by atoms with Crippen LogP contribution >= 0.6 is 0 Å². The van der Waals surface area contributed by atoms with Crippen LogP contribution in [0.2, 0.25) is 0 Å². The third-order valence-corrected chi connectivity index (χ3v) is 1.32. The fourth-order valence-electron chi connectivity index (χ4n) is 0.768. The van der Waals surface area contributed by atoms with Crippen molar-refractivity contribution < 1.29 is 0 Å². The summed E-state index contributed by atoms with van der Waals surface area (Å²) in [5.74, 6) is 0. The van der Waals surface area contributed by atoms with Gasteiger partial charge in [0.15, 0.2) is 0 Å². The van der Waals surface area contributed by atoms with E-state index in [-0.39, 0.29) is 0 Å². The van der Waals surface area contributed by atoms with Gasteiger partial charge in [0, 0.05) is 17.5 Å². The molecule has 0 aliphatic rings. The fourth-order valence-corrected chi connectivity index (χ4v) is 0.768. The van der Waals surface area contributed by atoms with Gasteiger partial charge in [0.05, 0.1) is 0 Å². The van der Waals surface area contributed by atoms with Gasteiger partial charge in [-0.2, -0.15) is 0 Å². The lowest BCUT2D eigenvalue weighted by Crippen LogP contribution is -2.11. The molecular weight excluding hydrogens is 123 g/mol. The van der Waals surface area contributed by atoms with Gasteiger partial charge in [0.2, 0.25) is 0 Å². The summed E-state index contributed by atoms with van der Waals surface area (Å²) in [6.45, 7) is 0. The predicted molar refractivity (Wildman–Crippen MR) is 44.1 cm³/mol. The summed E-state index contributed by atoms with van der Waals surface area (Å²) in [6.07, 6.45) is 1.16. The predicted octanol–water partition coefficient (Wildman–Crippen LogP) is 0.0603. The zero-order valence-corrected chi connectivity index (χ0v) is 5.46. The van der Waals surface area contributed by atoms with Crippen molar-refractivity contribution in [3.63, 3.8) is 0 Å². The third kappa shape index (κ3) is 1.03. The van der Waals surface area contributed by atoms with Crippen LogP contribution in [0.15, 0.2) is 18.2 Å². The van der Waals surface area contributed by atoms with Crippen LogP contribution in [0.25, 0.3) is 0 Å². The van der Waals surface area contributed by atoms with Gasteiger partial charge in [-0.05, 0) is 6.07 Å². The Morgan fingerprint density at radius 3 is 2.60 bits per heavy atom. The summed E-state index contributed by atoms with van der Waals surface area (Å²) < 4.78 is 0. The minimum Gasteiger partial charge on any atom is -0.398 e. The van der Waals surface area contributed by atoms with Crippen LogP contribution in [0.3, 0.4) is 0 Å². The summed E-state index contributed by atoms with van der Waals surface area (Å²) in [6, 6.07) is 5.20. The first-order chi connectivity index (χ1) is 4.75. The topological polar surface area (TPSA) is 49.9 Å². The highest BCUT2D eigenvalue weighted by Crippen LogP contribution is 2.03. The van der Waals surface area contributed by atoms with Gasteiger partial charge in [-0.3, -0.25) is 0 Å². The summed E-state index contributed by atoms with van der Waals surface area (Å²) in [5, 5.41) is 6.94. The van der Waals surface area contributed by atoms with Crippen molar-refractivity contribution in [2.75, 3.05) is 5.73 Å². The Bertz CT molecular complexity index is 238. The van der Waals surface area contributed by atoms with Crippen molar-refractivity contribution in [1.29, 1.82) is 5.41 Å². The van der Waals surface area contributed by atoms with E-state index >= 15 is 0 Å². The molecule has 0 spiro atoms. The van der Waals surface area contributed by atoms with Gasteiger partial charge in [-0.25, -0.2) is 0 Å². The van der Waals surface area contributed by atoms with Crippen LogP contribution in [-0.2, 0) is 0 Å². The van der Waals surface area contributed by atoms with Crippen molar-refractivity contribution in [3.8, 4) is 0 Å². The average Bonchev–Trinajstić information content (AvgIpc) is 1.88. The van der Waals surface area contributed by atoms with Gasteiger partial charge in [0.1, 0.15) is 7.85 Å². The number of nitrogen functional groups attached to an aromatic ring is 1. The lowest BCUT2D eigenvalue weighted by molar-refractivity contribution is 1.55. The van der Waals surface area contributed by atoms with Crippen molar-refractivity contribution in [1.82, 2.24) is 0 Å². The maximum Gasteiger partial charge on any atom is 0.114 e. The Labute approximate surface area is 61.0 Å². The molecule has 0 aliphatic carbocycles. The summed E-state index contributed by atoms with van der Waals surface area (Å²) in [7, 11) is 5.50. The van der Waals surface area contributed by atoms with Gasteiger partial charge in [0.25, 0.3) is 0 Å². The number of nitrogens with one attached hydrogen (secondary N) is 1. The number of hydrogen-bond donors (Lipinski definition) is 2. The van der Waals surface area contributed by atoms with E-state index in [4.69, 9.17) is 19.0 Å². The molecule has 0 saturated carbocycles. The van der Waals surface area contributed by atoms with Crippen molar-refractivity contribution in [3.05, 3.63) is 23.8 Å². The lowest BCUT2D eigenvalue weighted by atomic mass is 9.90. The lowest BCUT2D eigenvalue weighted by Gasteiger charge is -2.01. The molecule has 1 rings (SSSR count). The Kier molecular flexibility index (Phi) is 1.76. The van der Waals surface area contributed by atoms with E-state index in [9.17, 15) is 0 Å². The first kappa shape index (κ1) is 6.87. The molecule has 0 unspecified atom stereocenters. The number of hydrogen-bond acceptors (Lipinski definition) is 2. The largest absolute Gasteiger partial charge is 0.398 e. The molecule has 0 bridgehead atoms. The second kappa shape index (κ2) is 2.56. The Balaban J connectivity index is 3.30. The van der Waals surface area contributed by atoms with Crippen LogP contribution in [0.1, 0.15) is 5.56 Å². The monoisotopic (exact) mass is 130 g/mol. The zero-order chi connectivity index (χ0) is 7.56. The maximum atomic E-state index is 6.94. The quantitative estimate of drug-likeness (QED) is 0.315. The fraction of sp³-hybridized carbons (Fsp3) is 0. The second-order valence-corrected chi connectivity index (χ2v) is 1.99. The molecule has 2 radical (unpaired) electrons. The Morgan fingerprint density at radius 1 is 1.50 bits per heavy atom. The molecule has 0 fully saturated rings. The molecule has 48 valence electrons. The SMILES string of the molecule is [B]c1cccc(N)c1C=N. The molecule has 0 atom stereocenters. The molecule has 3 heteroatoms. The number of rotatable bonds is 1. The normalized spacial score (nSPS) is 9.20. The molecular formula is C7H7BN2. The standard InChI is InChI=1S/C7H7BN2/c8-6-2-1-3-7(10)5(6)4-9/h1-4,9H,10H2. The zero-order valence-electron chi connectivity index (χ0n) is 5.46. The van der Waals surface area contributed by atoms with E-state index in [1.54, 1.807) is 18.2 Å². The third-order valence-electron chi connectivity index (χ3n) is 1.32. The Morgan fingerprint density at radius 2 is 2.20 bits per heavy atom. The van der Waals surface area contributed by atoms with E-state index < -0.39 is 0 Å². The second-order valence-electron chi connectivity index (χ2n) is 1.99. The first-order valence-corrected chi connectivity index (χ1v) is 2.90. The van der Waals surface area contributed by atoms with E-state index in [0.29, 0.717) is 16.7 Å². The summed E-state index contributed by atoms with van der Waals surface area (Å²) >= 11 is 0. The minimum atomic E-state index is 0.551. The van der Waals surface area contributed by atoms with Crippen LogP contribution in [0.4, 0.5) is 5.69 Å². The number of anilines is 1. The summed E-state index contributed by atoms with van der Waals surface area (Å²) in [4.78, 5) is 0. The molecule has 10 heavy (non-hydrogen) atoms. The smallest absolute Gasteiger partial charge is 0.114 e. The van der Waals surface area contributed by atoms with Crippen LogP contribution < -0.4 is 11.2 Å². The highest BCUT2D eigenvalue weighted by molar-refractivity contribution is 6.36.